The van der Waals surface area contributed by atoms with E-state index in [4.69, 9.17) is 14.4 Å². The number of nitrogens with zero attached hydrogens (tertiary/aromatic N) is 2. The van der Waals surface area contributed by atoms with Crippen LogP contribution >= 0.6 is 0 Å². The van der Waals surface area contributed by atoms with Crippen molar-refractivity contribution < 1.29 is 22.4 Å². The largest absolute Gasteiger partial charge is 0.497 e. The molecule has 1 aromatic heterocycles. The number of benzene rings is 2. The van der Waals surface area contributed by atoms with Gasteiger partial charge in [-0.15, -0.1) is 0 Å². The van der Waals surface area contributed by atoms with Gasteiger partial charge in [0.15, 0.2) is 0 Å². The first-order valence-electron chi connectivity index (χ1n) is 9.26. The Hall–Kier alpha value is -3.35. The van der Waals surface area contributed by atoms with Crippen LogP contribution in [0.25, 0.3) is 10.8 Å². The van der Waals surface area contributed by atoms with Crippen LogP contribution in [-0.2, 0) is 21.4 Å². The molecule has 0 spiro atoms. The molecule has 3 aromatic rings. The SMILES string of the molecule is COc1ccc2ccc(S(=O)(=O)N[C@H]3CCN(Cc4coc(C#N)c4)C3=O)cc2c1. The van der Waals surface area contributed by atoms with Crippen LogP contribution in [0.2, 0.25) is 0 Å². The van der Waals surface area contributed by atoms with Crippen molar-refractivity contribution in [3.8, 4) is 11.8 Å². The number of carbonyl (C=O) groups excluding carboxylic acids is 1. The van der Waals surface area contributed by atoms with Crippen molar-refractivity contribution >= 4 is 26.7 Å². The molecular weight excluding hydrogens is 406 g/mol. The molecule has 0 aliphatic carbocycles. The lowest BCUT2D eigenvalue weighted by molar-refractivity contribution is -0.129. The summed E-state index contributed by atoms with van der Waals surface area (Å²) in [7, 11) is -2.34. The summed E-state index contributed by atoms with van der Waals surface area (Å²) in [5, 5.41) is 10.4. The summed E-state index contributed by atoms with van der Waals surface area (Å²) in [4.78, 5) is 14.3. The second kappa shape index (κ2) is 7.82. The van der Waals surface area contributed by atoms with E-state index >= 15 is 0 Å². The van der Waals surface area contributed by atoms with E-state index in [1.54, 1.807) is 42.3 Å². The maximum absolute atomic E-state index is 12.9. The van der Waals surface area contributed by atoms with Gasteiger partial charge in [-0.2, -0.15) is 9.98 Å². The molecule has 2 aromatic carbocycles. The molecular formula is C21H19N3O5S. The summed E-state index contributed by atoms with van der Waals surface area (Å²) in [5.74, 6) is 0.494. The average Bonchev–Trinajstić information content (AvgIpc) is 3.34. The Kier molecular flexibility index (Phi) is 5.20. The standard InChI is InChI=1S/C21H19N3O5S/c1-28-17-4-2-15-3-5-19(10-16(15)9-17)30(26,27)23-20-6-7-24(21(20)25)12-14-8-18(11-22)29-13-14/h2-5,8-10,13,20,23H,6-7,12H2,1H3/t20-/m0/s1. The van der Waals surface area contributed by atoms with E-state index in [0.717, 1.165) is 10.8 Å². The van der Waals surface area contributed by atoms with Gasteiger partial charge in [-0.05, 0) is 47.5 Å². The Morgan fingerprint density at radius 1 is 1.23 bits per heavy atom. The summed E-state index contributed by atoms with van der Waals surface area (Å²) < 4.78 is 38.5. The van der Waals surface area contributed by atoms with E-state index in [1.807, 2.05) is 12.1 Å². The van der Waals surface area contributed by atoms with Gasteiger partial charge >= 0.3 is 0 Å². The van der Waals surface area contributed by atoms with Crippen LogP contribution in [-0.4, -0.2) is 38.9 Å². The number of rotatable bonds is 6. The van der Waals surface area contributed by atoms with Crippen molar-refractivity contribution in [3.05, 3.63) is 60.1 Å². The molecule has 2 heterocycles. The number of nitrogens with one attached hydrogen (secondary N) is 1. The average molecular weight is 425 g/mol. The lowest BCUT2D eigenvalue weighted by atomic mass is 10.1. The van der Waals surface area contributed by atoms with Crippen molar-refractivity contribution in [3.63, 3.8) is 0 Å². The van der Waals surface area contributed by atoms with Gasteiger partial charge in [-0.25, -0.2) is 8.42 Å². The molecule has 9 heteroatoms. The van der Waals surface area contributed by atoms with Crippen LogP contribution in [0.4, 0.5) is 0 Å². The minimum atomic E-state index is -3.88. The number of hydrogen-bond acceptors (Lipinski definition) is 6. The molecule has 0 unspecified atom stereocenters. The Balaban J connectivity index is 1.50. The number of sulfonamides is 1. The number of ether oxygens (including phenoxy) is 1. The number of likely N-dealkylation sites (tertiary alicyclic amines) is 1. The Morgan fingerprint density at radius 3 is 2.77 bits per heavy atom. The molecule has 1 aliphatic rings. The fraction of sp³-hybridized carbons (Fsp3) is 0.238. The maximum Gasteiger partial charge on any atom is 0.241 e. The van der Waals surface area contributed by atoms with Gasteiger partial charge in [0.25, 0.3) is 0 Å². The van der Waals surface area contributed by atoms with Crippen LogP contribution < -0.4 is 9.46 Å². The summed E-state index contributed by atoms with van der Waals surface area (Å²) >= 11 is 0. The molecule has 1 amide bonds. The molecule has 1 atom stereocenters. The zero-order valence-electron chi connectivity index (χ0n) is 16.2. The molecule has 0 radical (unpaired) electrons. The quantitative estimate of drug-likeness (QED) is 0.649. The van der Waals surface area contributed by atoms with Gasteiger partial charge in [0.1, 0.15) is 17.9 Å². The lowest BCUT2D eigenvalue weighted by Gasteiger charge is -2.16. The second-order valence-electron chi connectivity index (χ2n) is 7.03. The number of amides is 1. The first-order chi connectivity index (χ1) is 14.4. The number of methoxy groups -OCH3 is 1. The molecule has 30 heavy (non-hydrogen) atoms. The summed E-state index contributed by atoms with van der Waals surface area (Å²) in [5.41, 5.74) is 0.687. The molecule has 1 N–H and O–H groups in total. The zero-order valence-corrected chi connectivity index (χ0v) is 17.0. The van der Waals surface area contributed by atoms with Gasteiger partial charge < -0.3 is 14.1 Å². The molecule has 4 rings (SSSR count). The first kappa shape index (κ1) is 19.9. The van der Waals surface area contributed by atoms with Crippen molar-refractivity contribution in [1.29, 1.82) is 5.26 Å². The minimum Gasteiger partial charge on any atom is -0.497 e. The van der Waals surface area contributed by atoms with E-state index < -0.39 is 16.1 Å². The van der Waals surface area contributed by atoms with Crippen LogP contribution in [0, 0.1) is 11.3 Å². The summed E-state index contributed by atoms with van der Waals surface area (Å²) in [6.45, 7) is 0.673. The number of carbonyl (C=O) groups is 1. The molecule has 154 valence electrons. The molecule has 1 aliphatic heterocycles. The second-order valence-corrected chi connectivity index (χ2v) is 8.74. The Morgan fingerprint density at radius 2 is 2.03 bits per heavy atom. The smallest absolute Gasteiger partial charge is 0.241 e. The number of hydrogen-bond donors (Lipinski definition) is 1. The van der Waals surface area contributed by atoms with E-state index in [-0.39, 0.29) is 23.1 Å². The zero-order chi connectivity index (χ0) is 21.3. The fourth-order valence-electron chi connectivity index (χ4n) is 3.50. The van der Waals surface area contributed by atoms with Crippen molar-refractivity contribution in [2.75, 3.05) is 13.7 Å². The van der Waals surface area contributed by atoms with Crippen molar-refractivity contribution in [2.24, 2.45) is 0 Å². The van der Waals surface area contributed by atoms with E-state index in [9.17, 15) is 13.2 Å². The Bertz CT molecular complexity index is 1260. The third kappa shape index (κ3) is 3.87. The molecule has 8 nitrogen and oxygen atoms in total. The normalized spacial score (nSPS) is 16.7. The topological polar surface area (TPSA) is 113 Å². The number of furan rings is 1. The summed E-state index contributed by atoms with van der Waals surface area (Å²) in [6.07, 6.45) is 1.79. The highest BCUT2D eigenvalue weighted by Crippen LogP contribution is 2.25. The van der Waals surface area contributed by atoms with Crippen LogP contribution in [0.15, 0.2) is 58.0 Å². The summed E-state index contributed by atoms with van der Waals surface area (Å²) in [6, 6.07) is 12.8. The van der Waals surface area contributed by atoms with Gasteiger partial charge in [0, 0.05) is 18.7 Å². The van der Waals surface area contributed by atoms with Gasteiger partial charge in [0.05, 0.1) is 18.3 Å². The van der Waals surface area contributed by atoms with Gasteiger partial charge in [-0.3, -0.25) is 4.79 Å². The van der Waals surface area contributed by atoms with E-state index in [0.29, 0.717) is 24.3 Å². The van der Waals surface area contributed by atoms with Crippen LogP contribution in [0.5, 0.6) is 5.75 Å². The highest BCUT2D eigenvalue weighted by molar-refractivity contribution is 7.89. The highest BCUT2D eigenvalue weighted by atomic mass is 32.2. The van der Waals surface area contributed by atoms with Crippen molar-refractivity contribution in [2.45, 2.75) is 23.9 Å². The molecule has 0 bridgehead atoms. The van der Waals surface area contributed by atoms with E-state index in [1.165, 1.54) is 12.3 Å². The number of fused-ring (bicyclic) bond motifs is 1. The van der Waals surface area contributed by atoms with Gasteiger partial charge in [-0.1, -0.05) is 12.1 Å². The predicted octanol–water partition coefficient (Wildman–Crippen LogP) is 2.39. The third-order valence-corrected chi connectivity index (χ3v) is 6.53. The van der Waals surface area contributed by atoms with Crippen LogP contribution in [0.1, 0.15) is 17.7 Å². The predicted molar refractivity (Wildman–Crippen MR) is 108 cm³/mol. The fourth-order valence-corrected chi connectivity index (χ4v) is 4.75. The lowest BCUT2D eigenvalue weighted by Crippen LogP contribution is -2.41. The third-order valence-electron chi connectivity index (χ3n) is 5.06. The minimum absolute atomic E-state index is 0.0861. The van der Waals surface area contributed by atoms with E-state index in [2.05, 4.69) is 4.72 Å². The monoisotopic (exact) mass is 425 g/mol. The van der Waals surface area contributed by atoms with Crippen molar-refractivity contribution in [1.82, 2.24) is 9.62 Å². The first-order valence-corrected chi connectivity index (χ1v) is 10.7. The van der Waals surface area contributed by atoms with Gasteiger partial charge in [0.2, 0.25) is 21.7 Å². The molecule has 0 saturated carbocycles. The van der Waals surface area contributed by atoms with Crippen LogP contribution in [0.3, 0.4) is 0 Å². The Labute approximate surface area is 173 Å². The maximum atomic E-state index is 12.9. The number of nitriles is 1. The highest BCUT2D eigenvalue weighted by Gasteiger charge is 2.35. The molecule has 1 fully saturated rings. The molecule has 1 saturated heterocycles.